The minimum atomic E-state index is 0.522. The van der Waals surface area contributed by atoms with Gasteiger partial charge in [-0.3, -0.25) is 0 Å². The van der Waals surface area contributed by atoms with Crippen LogP contribution in [0.2, 0.25) is 0 Å². The molecule has 0 saturated heterocycles. The largest absolute Gasteiger partial charge is 0.384 e. The van der Waals surface area contributed by atoms with E-state index < -0.39 is 0 Å². The molecule has 1 heterocycles. The van der Waals surface area contributed by atoms with Gasteiger partial charge in [0.25, 0.3) is 0 Å². The van der Waals surface area contributed by atoms with Gasteiger partial charge >= 0.3 is 0 Å². The van der Waals surface area contributed by atoms with Gasteiger partial charge in [0.05, 0.1) is 11.9 Å². The lowest BCUT2D eigenvalue weighted by atomic mass is 10.1. The van der Waals surface area contributed by atoms with E-state index in [0.717, 1.165) is 15.8 Å². The summed E-state index contributed by atoms with van der Waals surface area (Å²) >= 11 is 3.48. The van der Waals surface area contributed by atoms with E-state index in [2.05, 4.69) is 50.5 Å². The number of hydrogen-bond donors (Lipinski definition) is 2. The Balaban J connectivity index is 1.93. The lowest BCUT2D eigenvalue weighted by molar-refractivity contribution is 1.33. The predicted octanol–water partition coefficient (Wildman–Crippen LogP) is 4.32. The van der Waals surface area contributed by atoms with Crippen molar-refractivity contribution >= 4 is 43.9 Å². The van der Waals surface area contributed by atoms with E-state index in [9.17, 15) is 0 Å². The average Bonchev–Trinajstić information content (AvgIpc) is 2.42. The molecule has 2 aromatic carbocycles. The van der Waals surface area contributed by atoms with Crippen LogP contribution >= 0.6 is 15.9 Å². The molecule has 19 heavy (non-hydrogen) atoms. The molecule has 0 aliphatic rings. The summed E-state index contributed by atoms with van der Waals surface area (Å²) < 4.78 is 1.09. The molecular weight excluding hydrogens is 302 g/mol. The van der Waals surface area contributed by atoms with Crippen LogP contribution in [0.5, 0.6) is 0 Å². The summed E-state index contributed by atoms with van der Waals surface area (Å²) in [7, 11) is 0. The standard InChI is InChI=1S/C15H12BrN3/c16-12-3-1-11-8-13(4-2-10(11)7-12)19-14-5-6-15(17)18-9-14/h1-9,19H,(H2,17,18). The van der Waals surface area contributed by atoms with E-state index in [1.54, 1.807) is 12.3 Å². The summed E-state index contributed by atoms with van der Waals surface area (Å²) in [6.07, 6.45) is 1.72. The summed E-state index contributed by atoms with van der Waals surface area (Å²) in [5.41, 5.74) is 7.52. The van der Waals surface area contributed by atoms with Crippen molar-refractivity contribution in [2.24, 2.45) is 0 Å². The molecule has 0 radical (unpaired) electrons. The van der Waals surface area contributed by atoms with E-state index >= 15 is 0 Å². The quantitative estimate of drug-likeness (QED) is 0.740. The zero-order valence-corrected chi connectivity index (χ0v) is 11.7. The molecule has 94 valence electrons. The number of hydrogen-bond acceptors (Lipinski definition) is 3. The zero-order valence-electron chi connectivity index (χ0n) is 10.1. The molecule has 0 amide bonds. The molecule has 0 saturated carbocycles. The monoisotopic (exact) mass is 313 g/mol. The highest BCUT2D eigenvalue weighted by Gasteiger charge is 1.99. The normalized spacial score (nSPS) is 10.6. The SMILES string of the molecule is Nc1ccc(Nc2ccc3cc(Br)ccc3c2)cn1. The van der Waals surface area contributed by atoms with Gasteiger partial charge in [0, 0.05) is 10.2 Å². The third-order valence-corrected chi connectivity index (χ3v) is 3.37. The molecule has 0 bridgehead atoms. The number of rotatable bonds is 2. The first kappa shape index (κ1) is 12.0. The third kappa shape index (κ3) is 2.69. The predicted molar refractivity (Wildman–Crippen MR) is 83.6 cm³/mol. The lowest BCUT2D eigenvalue weighted by Gasteiger charge is -2.07. The van der Waals surface area contributed by atoms with E-state index in [4.69, 9.17) is 5.73 Å². The minimum absolute atomic E-state index is 0.522. The molecule has 1 aromatic heterocycles. The fourth-order valence-electron chi connectivity index (χ4n) is 1.94. The van der Waals surface area contributed by atoms with Crippen LogP contribution in [0.25, 0.3) is 10.8 Å². The number of aromatic nitrogens is 1. The Labute approximate surface area is 119 Å². The number of pyridine rings is 1. The minimum Gasteiger partial charge on any atom is -0.384 e. The maximum Gasteiger partial charge on any atom is 0.123 e. The Bertz CT molecular complexity index is 723. The molecule has 0 unspecified atom stereocenters. The number of nitrogen functional groups attached to an aromatic ring is 1. The van der Waals surface area contributed by atoms with Gasteiger partial charge in [-0.05, 0) is 47.2 Å². The number of fused-ring (bicyclic) bond motifs is 1. The van der Waals surface area contributed by atoms with Crippen LogP contribution in [0.4, 0.5) is 17.2 Å². The Hall–Kier alpha value is -2.07. The van der Waals surface area contributed by atoms with E-state index in [0.29, 0.717) is 5.82 Å². The summed E-state index contributed by atoms with van der Waals surface area (Å²) in [5.74, 6) is 0.522. The van der Waals surface area contributed by atoms with Crippen LogP contribution in [0.1, 0.15) is 0 Å². The molecule has 0 atom stereocenters. The van der Waals surface area contributed by atoms with Gasteiger partial charge in [-0.2, -0.15) is 0 Å². The molecule has 3 rings (SSSR count). The van der Waals surface area contributed by atoms with Gasteiger partial charge in [0.15, 0.2) is 0 Å². The van der Waals surface area contributed by atoms with Gasteiger partial charge in [-0.15, -0.1) is 0 Å². The highest BCUT2D eigenvalue weighted by atomic mass is 79.9. The molecule has 3 nitrogen and oxygen atoms in total. The Morgan fingerprint density at radius 2 is 1.63 bits per heavy atom. The molecule has 3 aromatic rings. The second-order valence-corrected chi connectivity index (χ2v) is 5.22. The molecule has 0 fully saturated rings. The van der Waals surface area contributed by atoms with Gasteiger partial charge in [0.1, 0.15) is 5.82 Å². The van der Waals surface area contributed by atoms with Crippen LogP contribution in [0.3, 0.4) is 0 Å². The summed E-state index contributed by atoms with van der Waals surface area (Å²) in [4.78, 5) is 4.06. The number of nitrogens with zero attached hydrogens (tertiary/aromatic N) is 1. The highest BCUT2D eigenvalue weighted by Crippen LogP contribution is 2.24. The fraction of sp³-hybridized carbons (Fsp3) is 0. The molecule has 0 spiro atoms. The van der Waals surface area contributed by atoms with Gasteiger partial charge in [-0.1, -0.05) is 28.1 Å². The van der Waals surface area contributed by atoms with Gasteiger partial charge in [0.2, 0.25) is 0 Å². The van der Waals surface area contributed by atoms with Crippen molar-refractivity contribution in [1.82, 2.24) is 4.98 Å². The smallest absolute Gasteiger partial charge is 0.123 e. The number of anilines is 3. The van der Waals surface area contributed by atoms with Crippen molar-refractivity contribution < 1.29 is 0 Å². The van der Waals surface area contributed by atoms with Crippen LogP contribution in [-0.4, -0.2) is 4.98 Å². The van der Waals surface area contributed by atoms with Crippen molar-refractivity contribution in [1.29, 1.82) is 0 Å². The molecule has 0 aliphatic carbocycles. The van der Waals surface area contributed by atoms with Crippen molar-refractivity contribution in [2.75, 3.05) is 11.1 Å². The number of nitrogens with two attached hydrogens (primary N) is 1. The summed E-state index contributed by atoms with van der Waals surface area (Å²) in [6.45, 7) is 0. The Morgan fingerprint density at radius 1 is 0.895 bits per heavy atom. The van der Waals surface area contributed by atoms with Crippen molar-refractivity contribution in [3.63, 3.8) is 0 Å². The van der Waals surface area contributed by atoms with Crippen molar-refractivity contribution in [3.05, 3.63) is 59.2 Å². The second-order valence-electron chi connectivity index (χ2n) is 4.30. The first-order chi connectivity index (χ1) is 9.20. The highest BCUT2D eigenvalue weighted by molar-refractivity contribution is 9.10. The summed E-state index contributed by atoms with van der Waals surface area (Å²) in [6, 6.07) is 16.2. The molecule has 3 N–H and O–H groups in total. The Kier molecular flexibility index (Phi) is 3.09. The van der Waals surface area contributed by atoms with E-state index in [1.807, 2.05) is 18.2 Å². The third-order valence-electron chi connectivity index (χ3n) is 2.88. The first-order valence-corrected chi connectivity index (χ1v) is 6.68. The zero-order chi connectivity index (χ0) is 13.2. The lowest BCUT2D eigenvalue weighted by Crippen LogP contribution is -1.93. The van der Waals surface area contributed by atoms with E-state index in [1.165, 1.54) is 10.8 Å². The molecule has 4 heteroatoms. The first-order valence-electron chi connectivity index (χ1n) is 5.88. The van der Waals surface area contributed by atoms with Crippen molar-refractivity contribution in [2.45, 2.75) is 0 Å². The Morgan fingerprint density at radius 3 is 2.42 bits per heavy atom. The number of benzene rings is 2. The molecular formula is C15H12BrN3. The maximum absolute atomic E-state index is 5.57. The van der Waals surface area contributed by atoms with Crippen LogP contribution < -0.4 is 11.1 Å². The topological polar surface area (TPSA) is 50.9 Å². The average molecular weight is 314 g/mol. The van der Waals surface area contributed by atoms with Gasteiger partial charge < -0.3 is 11.1 Å². The fourth-order valence-corrected chi connectivity index (χ4v) is 2.32. The summed E-state index contributed by atoms with van der Waals surface area (Å²) in [5, 5.41) is 5.70. The van der Waals surface area contributed by atoms with Gasteiger partial charge in [-0.25, -0.2) is 4.98 Å². The maximum atomic E-state index is 5.57. The number of nitrogens with one attached hydrogen (secondary N) is 1. The van der Waals surface area contributed by atoms with Crippen LogP contribution in [0, 0.1) is 0 Å². The van der Waals surface area contributed by atoms with Crippen LogP contribution in [-0.2, 0) is 0 Å². The van der Waals surface area contributed by atoms with E-state index in [-0.39, 0.29) is 0 Å². The number of halogens is 1. The van der Waals surface area contributed by atoms with Crippen LogP contribution in [0.15, 0.2) is 59.2 Å². The second kappa shape index (κ2) is 4.90. The molecule has 0 aliphatic heterocycles. The van der Waals surface area contributed by atoms with Crippen molar-refractivity contribution in [3.8, 4) is 0 Å².